The second-order valence-corrected chi connectivity index (χ2v) is 5.49. The van der Waals surface area contributed by atoms with Crippen molar-refractivity contribution >= 4 is 0 Å². The number of nitrogens with zero attached hydrogens (tertiary/aromatic N) is 2. The number of rotatable bonds is 4. The molecule has 1 N–H and O–H groups in total. The van der Waals surface area contributed by atoms with Gasteiger partial charge < -0.3 is 5.32 Å². The highest BCUT2D eigenvalue weighted by Crippen LogP contribution is 2.18. The number of hydrogen-bond acceptors (Lipinski definition) is 2. The first kappa shape index (κ1) is 13.8. The molecule has 102 valence electrons. The summed E-state index contributed by atoms with van der Waals surface area (Å²) in [7, 11) is 0. The highest BCUT2D eigenvalue weighted by atomic mass is 15.3. The fourth-order valence-electron chi connectivity index (χ4n) is 2.22. The minimum absolute atomic E-state index is 0.490. The van der Waals surface area contributed by atoms with Gasteiger partial charge in [0.15, 0.2) is 0 Å². The molecule has 1 aromatic heterocycles. The molecule has 0 saturated carbocycles. The Kier molecular flexibility index (Phi) is 4.05. The van der Waals surface area contributed by atoms with E-state index in [0.717, 1.165) is 6.54 Å². The summed E-state index contributed by atoms with van der Waals surface area (Å²) in [6.07, 6.45) is 1.96. The number of benzene rings is 1. The van der Waals surface area contributed by atoms with Crippen molar-refractivity contribution in [2.45, 2.75) is 47.2 Å². The smallest absolute Gasteiger partial charge is 0.0678 e. The molecule has 0 atom stereocenters. The standard InChI is InChI=1S/C16H23N3/c1-11(2)17-9-15-10-18-19(14(15)5)16-7-6-12(3)8-13(16)4/h6-8,10-11,17H,9H2,1-5H3. The molecule has 0 spiro atoms. The lowest BCUT2D eigenvalue weighted by atomic mass is 10.1. The summed E-state index contributed by atoms with van der Waals surface area (Å²) in [5.41, 5.74) is 6.18. The van der Waals surface area contributed by atoms with Gasteiger partial charge in [-0.1, -0.05) is 31.5 Å². The molecule has 0 amide bonds. The van der Waals surface area contributed by atoms with Gasteiger partial charge in [0.2, 0.25) is 0 Å². The first-order valence-electron chi connectivity index (χ1n) is 6.83. The van der Waals surface area contributed by atoms with Crippen molar-refractivity contribution in [1.82, 2.24) is 15.1 Å². The number of hydrogen-bond donors (Lipinski definition) is 1. The molecule has 0 unspecified atom stereocenters. The molecule has 2 aromatic rings. The summed E-state index contributed by atoms with van der Waals surface area (Å²) >= 11 is 0. The normalized spacial score (nSPS) is 11.3. The molecule has 19 heavy (non-hydrogen) atoms. The fraction of sp³-hybridized carbons (Fsp3) is 0.438. The lowest BCUT2D eigenvalue weighted by Gasteiger charge is -2.11. The third-order valence-electron chi connectivity index (χ3n) is 3.39. The van der Waals surface area contributed by atoms with E-state index in [1.807, 2.05) is 10.9 Å². The zero-order chi connectivity index (χ0) is 14.0. The largest absolute Gasteiger partial charge is 0.310 e. The molecule has 0 saturated heterocycles. The Morgan fingerprint density at radius 1 is 1.21 bits per heavy atom. The number of aryl methyl sites for hydroxylation is 2. The SMILES string of the molecule is Cc1ccc(-n2ncc(CNC(C)C)c2C)c(C)c1. The van der Waals surface area contributed by atoms with Crippen LogP contribution in [0.1, 0.15) is 36.2 Å². The molecule has 0 aliphatic rings. The van der Waals surface area contributed by atoms with Crippen molar-refractivity contribution in [3.63, 3.8) is 0 Å². The lowest BCUT2D eigenvalue weighted by Crippen LogP contribution is -2.22. The Balaban J connectivity index is 2.31. The molecule has 3 nitrogen and oxygen atoms in total. The van der Waals surface area contributed by atoms with E-state index in [1.54, 1.807) is 0 Å². The van der Waals surface area contributed by atoms with Crippen LogP contribution in [0.2, 0.25) is 0 Å². The zero-order valence-corrected chi connectivity index (χ0v) is 12.5. The van der Waals surface area contributed by atoms with Crippen molar-refractivity contribution in [2.24, 2.45) is 0 Å². The third kappa shape index (κ3) is 3.04. The summed E-state index contributed by atoms with van der Waals surface area (Å²) in [4.78, 5) is 0. The van der Waals surface area contributed by atoms with Crippen LogP contribution in [0.15, 0.2) is 24.4 Å². The van der Waals surface area contributed by atoms with Crippen LogP contribution >= 0.6 is 0 Å². The van der Waals surface area contributed by atoms with Gasteiger partial charge in [0.25, 0.3) is 0 Å². The summed E-state index contributed by atoms with van der Waals surface area (Å²) in [5, 5.41) is 7.97. The molecule has 1 aromatic carbocycles. The van der Waals surface area contributed by atoms with E-state index in [1.165, 1.54) is 28.1 Å². The van der Waals surface area contributed by atoms with E-state index in [2.05, 4.69) is 63.2 Å². The first-order chi connectivity index (χ1) is 8.99. The van der Waals surface area contributed by atoms with Crippen LogP contribution in [0.25, 0.3) is 5.69 Å². The van der Waals surface area contributed by atoms with Gasteiger partial charge in [-0.15, -0.1) is 0 Å². The molecule has 3 heteroatoms. The summed E-state index contributed by atoms with van der Waals surface area (Å²) < 4.78 is 2.03. The van der Waals surface area contributed by atoms with Crippen LogP contribution in [-0.2, 0) is 6.54 Å². The topological polar surface area (TPSA) is 29.9 Å². The van der Waals surface area contributed by atoms with Gasteiger partial charge in [-0.3, -0.25) is 0 Å². The molecular weight excluding hydrogens is 234 g/mol. The van der Waals surface area contributed by atoms with E-state index < -0.39 is 0 Å². The molecule has 1 heterocycles. The van der Waals surface area contributed by atoms with Gasteiger partial charge in [-0.2, -0.15) is 5.10 Å². The number of nitrogens with one attached hydrogen (secondary N) is 1. The Hall–Kier alpha value is -1.61. The van der Waals surface area contributed by atoms with Gasteiger partial charge in [0.1, 0.15) is 0 Å². The predicted molar refractivity (Wildman–Crippen MR) is 79.8 cm³/mol. The zero-order valence-electron chi connectivity index (χ0n) is 12.5. The molecule has 0 aliphatic heterocycles. The molecular formula is C16H23N3. The molecule has 0 bridgehead atoms. The Labute approximate surface area is 115 Å². The van der Waals surface area contributed by atoms with Gasteiger partial charge in [-0.05, 0) is 32.4 Å². The molecule has 0 aliphatic carbocycles. The Bertz CT molecular complexity index is 567. The van der Waals surface area contributed by atoms with Crippen molar-refractivity contribution in [3.8, 4) is 5.69 Å². The van der Waals surface area contributed by atoms with E-state index in [9.17, 15) is 0 Å². The lowest BCUT2D eigenvalue weighted by molar-refractivity contribution is 0.587. The average Bonchev–Trinajstić information content (AvgIpc) is 2.68. The number of aromatic nitrogens is 2. The highest BCUT2D eigenvalue weighted by molar-refractivity contribution is 5.43. The maximum atomic E-state index is 4.53. The van der Waals surface area contributed by atoms with Crippen molar-refractivity contribution in [2.75, 3.05) is 0 Å². The van der Waals surface area contributed by atoms with Crippen molar-refractivity contribution < 1.29 is 0 Å². The predicted octanol–water partition coefficient (Wildman–Crippen LogP) is 3.30. The van der Waals surface area contributed by atoms with Gasteiger partial charge in [0, 0.05) is 23.8 Å². The summed E-state index contributed by atoms with van der Waals surface area (Å²) in [5.74, 6) is 0. The van der Waals surface area contributed by atoms with E-state index in [-0.39, 0.29) is 0 Å². The second-order valence-electron chi connectivity index (χ2n) is 5.49. The van der Waals surface area contributed by atoms with E-state index >= 15 is 0 Å². The van der Waals surface area contributed by atoms with Crippen molar-refractivity contribution in [1.29, 1.82) is 0 Å². The van der Waals surface area contributed by atoms with Crippen LogP contribution in [0.5, 0.6) is 0 Å². The average molecular weight is 257 g/mol. The van der Waals surface area contributed by atoms with Crippen LogP contribution in [0.4, 0.5) is 0 Å². The van der Waals surface area contributed by atoms with Gasteiger partial charge in [-0.25, -0.2) is 4.68 Å². The molecule has 2 rings (SSSR count). The molecule has 0 radical (unpaired) electrons. The minimum atomic E-state index is 0.490. The summed E-state index contributed by atoms with van der Waals surface area (Å²) in [6.45, 7) is 11.6. The van der Waals surface area contributed by atoms with E-state index in [4.69, 9.17) is 0 Å². The first-order valence-corrected chi connectivity index (χ1v) is 6.83. The van der Waals surface area contributed by atoms with Crippen LogP contribution < -0.4 is 5.32 Å². The van der Waals surface area contributed by atoms with E-state index in [0.29, 0.717) is 6.04 Å². The quantitative estimate of drug-likeness (QED) is 0.911. The third-order valence-corrected chi connectivity index (χ3v) is 3.39. The fourth-order valence-corrected chi connectivity index (χ4v) is 2.22. The van der Waals surface area contributed by atoms with Crippen LogP contribution in [-0.4, -0.2) is 15.8 Å². The highest BCUT2D eigenvalue weighted by Gasteiger charge is 2.10. The van der Waals surface area contributed by atoms with Crippen molar-refractivity contribution in [3.05, 3.63) is 46.8 Å². The van der Waals surface area contributed by atoms with Gasteiger partial charge in [0.05, 0.1) is 11.9 Å². The van der Waals surface area contributed by atoms with Gasteiger partial charge >= 0.3 is 0 Å². The maximum Gasteiger partial charge on any atom is 0.0678 e. The monoisotopic (exact) mass is 257 g/mol. The Morgan fingerprint density at radius 3 is 2.58 bits per heavy atom. The molecule has 0 fully saturated rings. The van der Waals surface area contributed by atoms with Crippen LogP contribution in [0, 0.1) is 20.8 Å². The summed E-state index contributed by atoms with van der Waals surface area (Å²) in [6, 6.07) is 6.96. The van der Waals surface area contributed by atoms with Crippen LogP contribution in [0.3, 0.4) is 0 Å². The maximum absolute atomic E-state index is 4.53. The minimum Gasteiger partial charge on any atom is -0.310 e. The Morgan fingerprint density at radius 2 is 1.95 bits per heavy atom. The second kappa shape index (κ2) is 5.57.